The summed E-state index contributed by atoms with van der Waals surface area (Å²) in [6.07, 6.45) is -1.34. The van der Waals surface area contributed by atoms with Crippen molar-refractivity contribution in [2.24, 2.45) is 11.5 Å². The van der Waals surface area contributed by atoms with Gasteiger partial charge in [-0.25, -0.2) is 9.18 Å². The first-order chi connectivity index (χ1) is 17.2. The molecule has 1 aromatic carbocycles. The Balaban J connectivity index is 1.55. The van der Waals surface area contributed by atoms with Crippen molar-refractivity contribution in [2.45, 2.75) is 44.4 Å². The molecule has 3 heterocycles. The van der Waals surface area contributed by atoms with Gasteiger partial charge < -0.3 is 31.2 Å². The van der Waals surface area contributed by atoms with Crippen LogP contribution in [0.3, 0.4) is 0 Å². The molecule has 1 aliphatic heterocycles. The number of benzene rings is 1. The molecule has 0 spiro atoms. The molecule has 3 aromatic rings. The number of alkyl halides is 1. The number of amides is 2. The molecule has 11 nitrogen and oxygen atoms in total. The minimum atomic E-state index is -1.62. The predicted octanol–water partition coefficient (Wildman–Crippen LogP) is 1.42. The summed E-state index contributed by atoms with van der Waals surface area (Å²) in [6, 6.07) is 14.0. The molecule has 2 atom stereocenters. The lowest BCUT2D eigenvalue weighted by Crippen LogP contribution is -2.59. The van der Waals surface area contributed by atoms with Gasteiger partial charge in [0.15, 0.2) is 11.5 Å². The topological polar surface area (TPSA) is 150 Å². The highest BCUT2D eigenvalue weighted by atomic mass is 19.1. The van der Waals surface area contributed by atoms with Gasteiger partial charge >= 0.3 is 6.09 Å². The van der Waals surface area contributed by atoms with Crippen molar-refractivity contribution in [3.63, 3.8) is 0 Å². The summed E-state index contributed by atoms with van der Waals surface area (Å²) in [5.41, 5.74) is 11.9. The van der Waals surface area contributed by atoms with E-state index >= 15 is 0 Å². The molecule has 2 amide bonds. The van der Waals surface area contributed by atoms with Crippen LogP contribution in [0, 0.1) is 0 Å². The maximum absolute atomic E-state index is 13.5. The molecule has 192 valence electrons. The number of nitrogens with two attached hydrogens (primary N) is 2. The van der Waals surface area contributed by atoms with Crippen molar-refractivity contribution >= 4 is 17.6 Å². The molecule has 4 rings (SSSR count). The minimum Gasteiger partial charge on any atom is -0.443 e. The van der Waals surface area contributed by atoms with Crippen molar-refractivity contribution in [2.75, 3.05) is 19.7 Å². The SMILES string of the molecule is CC(N)(N)C(=O)NC(COCc1ccccc1)c1nnc2cccc(COC(=O)N3CCC(F)C3)n12. The third kappa shape index (κ3) is 6.14. The molecular weight excluding hydrogens is 469 g/mol. The molecule has 1 saturated heterocycles. The molecule has 36 heavy (non-hydrogen) atoms. The van der Waals surface area contributed by atoms with E-state index in [1.54, 1.807) is 22.6 Å². The smallest absolute Gasteiger partial charge is 0.410 e. The zero-order valence-corrected chi connectivity index (χ0v) is 20.0. The highest BCUT2D eigenvalue weighted by molar-refractivity contribution is 5.85. The van der Waals surface area contributed by atoms with Crippen LogP contribution in [0.25, 0.3) is 5.65 Å². The third-order valence-electron chi connectivity index (χ3n) is 5.77. The van der Waals surface area contributed by atoms with Gasteiger partial charge in [-0.3, -0.25) is 9.20 Å². The van der Waals surface area contributed by atoms with Crippen LogP contribution in [0.2, 0.25) is 0 Å². The first-order valence-corrected chi connectivity index (χ1v) is 11.6. The number of hydrogen-bond acceptors (Lipinski definition) is 8. The first-order valence-electron chi connectivity index (χ1n) is 11.6. The summed E-state index contributed by atoms with van der Waals surface area (Å²) in [7, 11) is 0. The molecule has 0 saturated carbocycles. The second-order valence-electron chi connectivity index (χ2n) is 8.96. The number of halogens is 1. The van der Waals surface area contributed by atoms with E-state index < -0.39 is 29.9 Å². The van der Waals surface area contributed by atoms with Crippen LogP contribution in [-0.2, 0) is 27.5 Å². The largest absolute Gasteiger partial charge is 0.443 e. The molecule has 0 radical (unpaired) electrons. The zero-order chi connectivity index (χ0) is 25.7. The average Bonchev–Trinajstić information content (AvgIpc) is 3.48. The maximum Gasteiger partial charge on any atom is 0.410 e. The monoisotopic (exact) mass is 499 g/mol. The Bertz CT molecular complexity index is 1200. The summed E-state index contributed by atoms with van der Waals surface area (Å²) in [5.74, 6) is -0.251. The highest BCUT2D eigenvalue weighted by Crippen LogP contribution is 2.19. The van der Waals surface area contributed by atoms with E-state index in [2.05, 4.69) is 15.5 Å². The van der Waals surface area contributed by atoms with Crippen molar-refractivity contribution in [3.8, 4) is 0 Å². The van der Waals surface area contributed by atoms with Gasteiger partial charge in [-0.15, -0.1) is 10.2 Å². The molecule has 0 bridgehead atoms. The van der Waals surface area contributed by atoms with E-state index in [0.717, 1.165) is 5.56 Å². The van der Waals surface area contributed by atoms with Gasteiger partial charge in [0.05, 0.1) is 25.5 Å². The van der Waals surface area contributed by atoms with E-state index in [1.165, 1.54) is 11.8 Å². The van der Waals surface area contributed by atoms with Crippen molar-refractivity contribution in [1.29, 1.82) is 0 Å². The zero-order valence-electron chi connectivity index (χ0n) is 20.0. The van der Waals surface area contributed by atoms with Crippen molar-refractivity contribution < 1.29 is 23.5 Å². The number of carbonyl (C=O) groups excluding carboxylic acids is 2. The number of fused-ring (bicyclic) bond motifs is 1. The molecule has 1 fully saturated rings. The Morgan fingerprint density at radius 2 is 1.94 bits per heavy atom. The van der Waals surface area contributed by atoms with E-state index in [-0.39, 0.29) is 19.8 Å². The minimum absolute atomic E-state index is 0.0186. The van der Waals surface area contributed by atoms with Gasteiger partial charge in [-0.05, 0) is 31.0 Å². The Hall–Kier alpha value is -3.61. The van der Waals surface area contributed by atoms with Crippen LogP contribution in [-0.4, -0.2) is 63.0 Å². The van der Waals surface area contributed by atoms with Crippen LogP contribution in [0.4, 0.5) is 9.18 Å². The lowest BCUT2D eigenvalue weighted by atomic mass is 10.2. The van der Waals surface area contributed by atoms with Crippen LogP contribution in [0.5, 0.6) is 0 Å². The highest BCUT2D eigenvalue weighted by Gasteiger charge is 2.30. The van der Waals surface area contributed by atoms with Gasteiger partial charge in [0.1, 0.15) is 24.5 Å². The third-order valence-corrected chi connectivity index (χ3v) is 5.77. The van der Waals surface area contributed by atoms with Gasteiger partial charge in [0.25, 0.3) is 5.91 Å². The Morgan fingerprint density at radius 3 is 2.64 bits per heavy atom. The van der Waals surface area contributed by atoms with Crippen LogP contribution in [0.15, 0.2) is 48.5 Å². The summed E-state index contributed by atoms with van der Waals surface area (Å²) >= 11 is 0. The fraction of sp³-hybridized carbons (Fsp3) is 0.417. The van der Waals surface area contributed by atoms with Crippen LogP contribution < -0.4 is 16.8 Å². The van der Waals surface area contributed by atoms with Crippen molar-refractivity contribution in [1.82, 2.24) is 24.8 Å². The number of nitrogens with one attached hydrogen (secondary N) is 1. The quantitative estimate of drug-likeness (QED) is 0.374. The average molecular weight is 500 g/mol. The lowest BCUT2D eigenvalue weighted by Gasteiger charge is -2.24. The molecule has 1 aliphatic rings. The maximum atomic E-state index is 13.5. The Morgan fingerprint density at radius 1 is 1.17 bits per heavy atom. The number of hydrogen-bond donors (Lipinski definition) is 3. The van der Waals surface area contributed by atoms with E-state index in [9.17, 15) is 14.0 Å². The standard InChI is InChI=1S/C24H30FN7O4/c1-24(26,27)22(33)28-19(15-35-13-16-6-3-2-4-7-16)21-30-29-20-9-5-8-18(32(20)21)14-36-23(34)31-11-10-17(25)12-31/h2-9,17,19H,10-15,26-27H2,1H3,(H,28,33). The van der Waals surface area contributed by atoms with Crippen LogP contribution in [0.1, 0.15) is 36.5 Å². The molecule has 2 unspecified atom stereocenters. The lowest BCUT2D eigenvalue weighted by molar-refractivity contribution is -0.127. The van der Waals surface area contributed by atoms with Crippen molar-refractivity contribution in [3.05, 3.63) is 65.6 Å². The molecule has 2 aromatic heterocycles. The second-order valence-corrected chi connectivity index (χ2v) is 8.96. The molecular formula is C24H30FN7O4. The predicted molar refractivity (Wildman–Crippen MR) is 128 cm³/mol. The van der Waals surface area contributed by atoms with E-state index in [1.807, 2.05) is 30.3 Å². The number of likely N-dealkylation sites (tertiary alicyclic amines) is 1. The fourth-order valence-electron chi connectivity index (χ4n) is 3.84. The Kier molecular flexibility index (Phi) is 7.77. The summed E-state index contributed by atoms with van der Waals surface area (Å²) < 4.78 is 26.5. The van der Waals surface area contributed by atoms with Crippen LogP contribution >= 0.6 is 0 Å². The van der Waals surface area contributed by atoms with Gasteiger partial charge in [0.2, 0.25) is 0 Å². The normalized spacial score (nSPS) is 16.8. The number of aromatic nitrogens is 3. The fourth-order valence-corrected chi connectivity index (χ4v) is 3.84. The first kappa shape index (κ1) is 25.5. The number of carbonyl (C=O) groups is 2. The number of pyridine rings is 1. The second kappa shape index (κ2) is 11.0. The number of ether oxygens (including phenoxy) is 2. The van der Waals surface area contributed by atoms with E-state index in [4.69, 9.17) is 20.9 Å². The Labute approximate surface area is 207 Å². The summed E-state index contributed by atoms with van der Waals surface area (Å²) in [4.78, 5) is 26.3. The number of nitrogens with zero attached hydrogens (tertiary/aromatic N) is 4. The van der Waals surface area contributed by atoms with Gasteiger partial charge in [-0.1, -0.05) is 36.4 Å². The number of rotatable bonds is 9. The molecule has 12 heteroatoms. The van der Waals surface area contributed by atoms with Gasteiger partial charge in [-0.2, -0.15) is 0 Å². The summed E-state index contributed by atoms with van der Waals surface area (Å²) in [6.45, 7) is 1.97. The molecule has 0 aliphatic carbocycles. The van der Waals surface area contributed by atoms with Gasteiger partial charge in [0, 0.05) is 6.54 Å². The summed E-state index contributed by atoms with van der Waals surface area (Å²) in [5, 5.41) is 11.2. The van der Waals surface area contributed by atoms with E-state index in [0.29, 0.717) is 36.7 Å². The molecule has 5 N–H and O–H groups in total.